The molecule has 0 aromatic rings. The van der Waals surface area contributed by atoms with Crippen LogP contribution in [0.3, 0.4) is 0 Å². The Morgan fingerprint density at radius 3 is 2.25 bits per heavy atom. The average Bonchev–Trinajstić information content (AvgIpc) is 1.85. The van der Waals surface area contributed by atoms with E-state index in [1.165, 1.54) is 0 Å². The molecule has 1 unspecified atom stereocenters. The van der Waals surface area contributed by atoms with Crippen molar-refractivity contribution in [3.8, 4) is 0 Å². The van der Waals surface area contributed by atoms with E-state index in [-0.39, 0.29) is 5.41 Å². The van der Waals surface area contributed by atoms with Crippen molar-refractivity contribution in [2.45, 2.75) is 34.1 Å². The summed E-state index contributed by atoms with van der Waals surface area (Å²) in [5.41, 5.74) is 6.75. The molecule has 0 heterocycles. The monoisotopic (exact) mass is 167 g/mol. The zero-order valence-corrected chi connectivity index (χ0v) is 8.72. The fourth-order valence-electron chi connectivity index (χ4n) is 1.12. The molecule has 0 saturated carbocycles. The molecule has 0 rings (SSSR count). The standard InChI is InChI=1S/C11H21N/c1-6-10(11(3,4)5)8-7-9(2)12/h6-7,10H,1,8,12H2,2-5H3/b9-7+. The van der Waals surface area contributed by atoms with E-state index in [0.717, 1.165) is 12.1 Å². The summed E-state index contributed by atoms with van der Waals surface area (Å²) in [6.45, 7) is 12.4. The Morgan fingerprint density at radius 1 is 1.50 bits per heavy atom. The Labute approximate surface area is 76.3 Å². The SMILES string of the molecule is C=CC(C/C=C(\C)N)C(C)(C)C. The number of hydrogen-bond acceptors (Lipinski definition) is 1. The molecular weight excluding hydrogens is 146 g/mol. The Hall–Kier alpha value is -0.720. The zero-order chi connectivity index (χ0) is 9.78. The molecule has 12 heavy (non-hydrogen) atoms. The maximum absolute atomic E-state index is 5.57. The van der Waals surface area contributed by atoms with Crippen molar-refractivity contribution in [1.29, 1.82) is 0 Å². The van der Waals surface area contributed by atoms with E-state index in [1.807, 2.05) is 13.0 Å². The van der Waals surface area contributed by atoms with E-state index < -0.39 is 0 Å². The summed E-state index contributed by atoms with van der Waals surface area (Å²) in [6, 6.07) is 0. The fourth-order valence-corrected chi connectivity index (χ4v) is 1.12. The molecule has 1 nitrogen and oxygen atoms in total. The van der Waals surface area contributed by atoms with E-state index in [4.69, 9.17) is 5.73 Å². The van der Waals surface area contributed by atoms with Crippen molar-refractivity contribution in [1.82, 2.24) is 0 Å². The van der Waals surface area contributed by atoms with Crippen LogP contribution in [0.4, 0.5) is 0 Å². The first-order valence-electron chi connectivity index (χ1n) is 4.42. The number of hydrogen-bond donors (Lipinski definition) is 1. The summed E-state index contributed by atoms with van der Waals surface area (Å²) >= 11 is 0. The molecule has 0 aliphatic rings. The van der Waals surface area contributed by atoms with Gasteiger partial charge in [-0.3, -0.25) is 0 Å². The van der Waals surface area contributed by atoms with E-state index >= 15 is 0 Å². The van der Waals surface area contributed by atoms with E-state index in [2.05, 4.69) is 33.4 Å². The Bertz CT molecular complexity index is 168. The topological polar surface area (TPSA) is 26.0 Å². The summed E-state index contributed by atoms with van der Waals surface area (Å²) < 4.78 is 0. The third-order valence-corrected chi connectivity index (χ3v) is 2.09. The first-order chi connectivity index (χ1) is 5.38. The number of rotatable bonds is 3. The van der Waals surface area contributed by atoms with Crippen LogP contribution in [0.25, 0.3) is 0 Å². The predicted octanol–water partition coefficient (Wildman–Crippen LogP) is 3.09. The summed E-state index contributed by atoms with van der Waals surface area (Å²) in [4.78, 5) is 0. The van der Waals surface area contributed by atoms with Crippen molar-refractivity contribution in [2.24, 2.45) is 17.1 Å². The molecule has 70 valence electrons. The molecule has 0 amide bonds. The van der Waals surface area contributed by atoms with Crippen molar-refractivity contribution in [3.63, 3.8) is 0 Å². The lowest BCUT2D eigenvalue weighted by Gasteiger charge is -2.26. The third kappa shape index (κ3) is 4.22. The molecule has 0 aromatic heterocycles. The van der Waals surface area contributed by atoms with Crippen LogP contribution in [0, 0.1) is 11.3 Å². The highest BCUT2D eigenvalue weighted by molar-refractivity contribution is 4.98. The lowest BCUT2D eigenvalue weighted by Crippen LogP contribution is -2.17. The summed E-state index contributed by atoms with van der Waals surface area (Å²) in [7, 11) is 0. The normalized spacial score (nSPS) is 15.8. The quantitative estimate of drug-likeness (QED) is 0.642. The van der Waals surface area contributed by atoms with Crippen molar-refractivity contribution in [3.05, 3.63) is 24.4 Å². The second kappa shape index (κ2) is 4.34. The lowest BCUT2D eigenvalue weighted by atomic mass is 9.79. The van der Waals surface area contributed by atoms with Gasteiger partial charge in [-0.05, 0) is 24.7 Å². The van der Waals surface area contributed by atoms with Gasteiger partial charge in [-0.15, -0.1) is 6.58 Å². The molecule has 1 atom stereocenters. The third-order valence-electron chi connectivity index (χ3n) is 2.09. The molecule has 0 spiro atoms. The minimum Gasteiger partial charge on any atom is -0.403 e. The summed E-state index contributed by atoms with van der Waals surface area (Å²) in [6.07, 6.45) is 5.08. The number of nitrogens with two attached hydrogens (primary N) is 1. The van der Waals surface area contributed by atoms with Crippen molar-refractivity contribution < 1.29 is 0 Å². The molecular formula is C11H21N. The Kier molecular flexibility index (Phi) is 4.08. The Balaban J connectivity index is 4.20. The van der Waals surface area contributed by atoms with Crippen LogP contribution >= 0.6 is 0 Å². The maximum atomic E-state index is 5.57. The molecule has 0 aliphatic heterocycles. The van der Waals surface area contributed by atoms with E-state index in [0.29, 0.717) is 5.92 Å². The maximum Gasteiger partial charge on any atom is 0.000854 e. The van der Waals surface area contributed by atoms with Crippen LogP contribution in [0.1, 0.15) is 34.1 Å². The molecule has 0 bridgehead atoms. The lowest BCUT2D eigenvalue weighted by molar-refractivity contribution is 0.295. The molecule has 1 heteroatoms. The summed E-state index contributed by atoms with van der Waals surface area (Å²) in [5, 5.41) is 0. The van der Waals surface area contributed by atoms with Crippen LogP contribution in [0.15, 0.2) is 24.4 Å². The van der Waals surface area contributed by atoms with Gasteiger partial charge in [0.25, 0.3) is 0 Å². The molecule has 0 aliphatic carbocycles. The highest BCUT2D eigenvalue weighted by Gasteiger charge is 2.19. The van der Waals surface area contributed by atoms with Gasteiger partial charge in [0.2, 0.25) is 0 Å². The second-order valence-electron chi connectivity index (χ2n) is 4.39. The van der Waals surface area contributed by atoms with Crippen LogP contribution in [0.5, 0.6) is 0 Å². The van der Waals surface area contributed by atoms with Crippen LogP contribution in [0.2, 0.25) is 0 Å². The van der Waals surface area contributed by atoms with Gasteiger partial charge >= 0.3 is 0 Å². The van der Waals surface area contributed by atoms with Gasteiger partial charge in [0.05, 0.1) is 0 Å². The molecule has 0 saturated heterocycles. The fraction of sp³-hybridized carbons (Fsp3) is 0.636. The average molecular weight is 167 g/mol. The molecule has 0 fully saturated rings. The molecule has 0 radical (unpaired) electrons. The first-order valence-corrected chi connectivity index (χ1v) is 4.42. The van der Waals surface area contributed by atoms with Crippen molar-refractivity contribution >= 4 is 0 Å². The highest BCUT2D eigenvalue weighted by Crippen LogP contribution is 2.29. The molecule has 2 N–H and O–H groups in total. The van der Waals surface area contributed by atoms with Gasteiger partial charge in [-0.1, -0.05) is 32.9 Å². The second-order valence-corrected chi connectivity index (χ2v) is 4.39. The Morgan fingerprint density at radius 2 is 2.00 bits per heavy atom. The minimum atomic E-state index is 0.285. The van der Waals surface area contributed by atoms with Gasteiger partial charge in [0.15, 0.2) is 0 Å². The van der Waals surface area contributed by atoms with Crippen molar-refractivity contribution in [2.75, 3.05) is 0 Å². The smallest absolute Gasteiger partial charge is 0.000854 e. The van der Waals surface area contributed by atoms with Gasteiger partial charge < -0.3 is 5.73 Å². The number of allylic oxidation sites excluding steroid dienone is 3. The summed E-state index contributed by atoms with van der Waals surface area (Å²) in [5.74, 6) is 0.510. The van der Waals surface area contributed by atoms with Crippen LogP contribution in [-0.2, 0) is 0 Å². The zero-order valence-electron chi connectivity index (χ0n) is 8.72. The van der Waals surface area contributed by atoms with Crippen LogP contribution in [-0.4, -0.2) is 0 Å². The van der Waals surface area contributed by atoms with Crippen LogP contribution < -0.4 is 5.73 Å². The van der Waals surface area contributed by atoms with E-state index in [1.54, 1.807) is 0 Å². The van der Waals surface area contributed by atoms with Gasteiger partial charge in [-0.25, -0.2) is 0 Å². The molecule has 0 aromatic carbocycles. The highest BCUT2D eigenvalue weighted by atomic mass is 14.5. The largest absolute Gasteiger partial charge is 0.403 e. The first kappa shape index (κ1) is 11.3. The van der Waals surface area contributed by atoms with Gasteiger partial charge in [-0.2, -0.15) is 0 Å². The van der Waals surface area contributed by atoms with Gasteiger partial charge in [0.1, 0.15) is 0 Å². The predicted molar refractivity (Wildman–Crippen MR) is 55.7 cm³/mol. The minimum absolute atomic E-state index is 0.285. The van der Waals surface area contributed by atoms with E-state index in [9.17, 15) is 0 Å². The van der Waals surface area contributed by atoms with Gasteiger partial charge in [0, 0.05) is 5.70 Å².